The molecular weight excluding hydrogens is 681 g/mol. The zero-order valence-corrected chi connectivity index (χ0v) is 32.5. The minimum Gasteiger partial charge on any atom is -0.496 e. The summed E-state index contributed by atoms with van der Waals surface area (Å²) in [5.74, 6) is -0.272. The standard InChI is InChI=1S/C44H54N4O6/c1-7-27-20-28-23-43(39(49)53-5,36-30(14-18-47(24-27)25-28)29-12-9-10-13-33(29)45-36)32-21-31-34(22-35(32)52-4)46(3)38-42(31)16-19-48-17-11-15-41(8-2,37(42)48)26-44(38,51)40(50)54-6/h9-13,15,20-22,28,37-38,45,51H,7-8,14,16-19,23-26H2,1-6H3/t28-,37-,38+,41-,42+,43-,44+/m0/s1. The predicted octanol–water partition coefficient (Wildman–Crippen LogP) is 5.25. The average molecular weight is 735 g/mol. The number of aromatic nitrogens is 1. The van der Waals surface area contributed by atoms with Crippen LogP contribution in [0.4, 0.5) is 5.69 Å². The molecule has 6 aliphatic rings. The van der Waals surface area contributed by atoms with Gasteiger partial charge in [0.15, 0.2) is 5.60 Å². The number of ether oxygens (including phenoxy) is 3. The quantitative estimate of drug-likeness (QED) is 0.260. The lowest BCUT2D eigenvalue weighted by Crippen LogP contribution is -2.74. The van der Waals surface area contributed by atoms with Crippen molar-refractivity contribution >= 4 is 28.5 Å². The first kappa shape index (κ1) is 35.6. The molecule has 1 aliphatic carbocycles. The summed E-state index contributed by atoms with van der Waals surface area (Å²) in [6, 6.07) is 12.1. The fraction of sp³-hybridized carbons (Fsp3) is 0.545. The van der Waals surface area contributed by atoms with Crippen LogP contribution in [-0.4, -0.2) is 111 Å². The van der Waals surface area contributed by atoms with Gasteiger partial charge in [0.1, 0.15) is 11.2 Å². The van der Waals surface area contributed by atoms with Gasteiger partial charge in [-0.1, -0.05) is 55.8 Å². The van der Waals surface area contributed by atoms with E-state index in [-0.39, 0.29) is 24.3 Å². The molecule has 2 aromatic carbocycles. The Labute approximate surface area is 318 Å². The Kier molecular flexibility index (Phi) is 8.20. The second-order valence-corrected chi connectivity index (χ2v) is 16.9. The zero-order chi connectivity index (χ0) is 37.8. The molecule has 0 radical (unpaired) electrons. The number of esters is 2. The lowest BCUT2D eigenvalue weighted by Gasteiger charge is -2.60. The number of nitrogens with zero attached hydrogens (tertiary/aromatic N) is 3. The van der Waals surface area contributed by atoms with E-state index in [0.717, 1.165) is 97.4 Å². The molecule has 2 fully saturated rings. The number of nitrogens with one attached hydrogen (secondary N) is 1. The highest BCUT2D eigenvalue weighted by Crippen LogP contribution is 2.67. The van der Waals surface area contributed by atoms with E-state index >= 15 is 4.79 Å². The van der Waals surface area contributed by atoms with Gasteiger partial charge in [-0.2, -0.15) is 0 Å². The van der Waals surface area contributed by atoms with Crippen molar-refractivity contribution in [3.63, 3.8) is 0 Å². The Morgan fingerprint density at radius 3 is 2.56 bits per heavy atom. The predicted molar refractivity (Wildman–Crippen MR) is 208 cm³/mol. The van der Waals surface area contributed by atoms with Crippen LogP contribution >= 0.6 is 0 Å². The van der Waals surface area contributed by atoms with Gasteiger partial charge in [0.2, 0.25) is 0 Å². The number of likely N-dealkylation sites (N-methyl/N-ethyl adjacent to an activating group) is 1. The molecule has 10 heteroatoms. The third-order valence-electron chi connectivity index (χ3n) is 14.6. The summed E-state index contributed by atoms with van der Waals surface area (Å²) in [4.78, 5) is 40.2. The lowest BCUT2D eigenvalue weighted by molar-refractivity contribution is -0.181. The fourth-order valence-electron chi connectivity index (χ4n) is 12.7. The van der Waals surface area contributed by atoms with E-state index in [1.54, 1.807) is 7.11 Å². The summed E-state index contributed by atoms with van der Waals surface area (Å²) >= 11 is 0. The lowest BCUT2D eigenvalue weighted by atomic mass is 9.49. The van der Waals surface area contributed by atoms with Gasteiger partial charge in [-0.25, -0.2) is 4.79 Å². The molecule has 1 unspecified atom stereocenters. The summed E-state index contributed by atoms with van der Waals surface area (Å²) in [6.07, 6.45) is 10.9. The van der Waals surface area contributed by atoms with E-state index in [2.05, 4.69) is 82.1 Å². The third-order valence-corrected chi connectivity index (χ3v) is 14.6. The number of aliphatic hydroxyl groups is 1. The van der Waals surface area contributed by atoms with Gasteiger partial charge >= 0.3 is 11.9 Å². The first-order valence-corrected chi connectivity index (χ1v) is 19.8. The van der Waals surface area contributed by atoms with E-state index in [4.69, 9.17) is 14.2 Å². The molecule has 2 N–H and O–H groups in total. The Morgan fingerprint density at radius 2 is 1.81 bits per heavy atom. The van der Waals surface area contributed by atoms with Crippen LogP contribution in [0.2, 0.25) is 0 Å². The topological polar surface area (TPSA) is 108 Å². The maximum atomic E-state index is 15.2. The van der Waals surface area contributed by atoms with Crippen molar-refractivity contribution in [2.75, 3.05) is 66.0 Å². The van der Waals surface area contributed by atoms with Gasteiger partial charge in [0, 0.05) is 84.0 Å². The van der Waals surface area contributed by atoms with Gasteiger partial charge < -0.3 is 29.2 Å². The van der Waals surface area contributed by atoms with Crippen molar-refractivity contribution in [2.45, 2.75) is 80.9 Å². The largest absolute Gasteiger partial charge is 0.496 e. The molecule has 10 nitrogen and oxygen atoms in total. The normalized spacial score (nSPS) is 35.2. The SMILES string of the molecule is CCC1=C[C@@H]2CN(CCc3c([nH]c4ccccc34)[C@@](C(=O)OC)(c3cc4c(cc3OC)N(C)[C@@H]3[C@]45CCN4CC=C[C@@](CC)(C[C@]3(O)C(=O)OC)[C@H]45)C2)C1. The van der Waals surface area contributed by atoms with Crippen molar-refractivity contribution in [3.8, 4) is 5.75 Å². The number of anilines is 1. The van der Waals surface area contributed by atoms with Crippen LogP contribution in [0.15, 0.2) is 60.2 Å². The molecule has 9 rings (SSSR count). The number of aromatic amines is 1. The average Bonchev–Trinajstić information content (AvgIpc) is 3.85. The van der Waals surface area contributed by atoms with Crippen molar-refractivity contribution in [2.24, 2.45) is 11.3 Å². The van der Waals surface area contributed by atoms with Crippen LogP contribution in [0, 0.1) is 11.3 Å². The number of hydrogen-bond donors (Lipinski definition) is 2. The number of benzene rings is 2. The van der Waals surface area contributed by atoms with Crippen LogP contribution in [-0.2, 0) is 36.3 Å². The fourth-order valence-corrected chi connectivity index (χ4v) is 12.7. The van der Waals surface area contributed by atoms with Crippen molar-refractivity contribution in [1.29, 1.82) is 0 Å². The minimum absolute atomic E-state index is 0.0278. The number of carbonyl (C=O) groups is 2. The van der Waals surface area contributed by atoms with Crippen LogP contribution in [0.3, 0.4) is 0 Å². The summed E-state index contributed by atoms with van der Waals surface area (Å²) in [7, 11) is 6.54. The number of para-hydroxylation sites is 1. The van der Waals surface area contributed by atoms with Gasteiger partial charge in [-0.3, -0.25) is 14.6 Å². The Morgan fingerprint density at radius 1 is 1.02 bits per heavy atom. The molecule has 6 heterocycles. The van der Waals surface area contributed by atoms with E-state index in [1.807, 2.05) is 13.1 Å². The Bertz CT molecular complexity index is 2110. The van der Waals surface area contributed by atoms with E-state index < -0.39 is 33.9 Å². The smallest absolute Gasteiger partial charge is 0.340 e. The second kappa shape index (κ2) is 12.4. The monoisotopic (exact) mass is 734 g/mol. The van der Waals surface area contributed by atoms with Gasteiger partial charge in [-0.15, -0.1) is 0 Å². The maximum absolute atomic E-state index is 15.2. The number of hydrogen-bond acceptors (Lipinski definition) is 9. The highest BCUT2D eigenvalue weighted by molar-refractivity contribution is 5.94. The molecule has 0 amide bonds. The summed E-state index contributed by atoms with van der Waals surface area (Å²) < 4.78 is 17.8. The van der Waals surface area contributed by atoms with Crippen LogP contribution in [0.1, 0.15) is 68.3 Å². The minimum atomic E-state index is -1.78. The number of H-pyrrole nitrogens is 1. The van der Waals surface area contributed by atoms with Crippen LogP contribution in [0.25, 0.3) is 10.9 Å². The van der Waals surface area contributed by atoms with Gasteiger partial charge in [-0.05, 0) is 74.2 Å². The van der Waals surface area contributed by atoms with Crippen LogP contribution < -0.4 is 9.64 Å². The highest BCUT2D eigenvalue weighted by Gasteiger charge is 2.75. The number of methoxy groups -OCH3 is 3. The molecule has 286 valence electrons. The summed E-state index contributed by atoms with van der Waals surface area (Å²) in [5, 5.41) is 14.0. The Hall–Kier alpha value is -4.12. The molecule has 2 bridgehead atoms. The summed E-state index contributed by atoms with van der Waals surface area (Å²) in [5.41, 5.74) is 2.92. The van der Waals surface area contributed by atoms with E-state index in [9.17, 15) is 9.90 Å². The molecule has 1 saturated heterocycles. The number of carbonyl (C=O) groups excluding carboxylic acids is 2. The molecular formula is C44H54N4O6. The first-order valence-electron chi connectivity index (χ1n) is 19.8. The first-order chi connectivity index (χ1) is 26.0. The van der Waals surface area contributed by atoms with Gasteiger partial charge in [0.25, 0.3) is 0 Å². The third kappa shape index (κ3) is 4.50. The van der Waals surface area contributed by atoms with Crippen molar-refractivity contribution < 1.29 is 28.9 Å². The molecule has 1 aromatic heterocycles. The highest BCUT2D eigenvalue weighted by atomic mass is 16.5. The zero-order valence-electron chi connectivity index (χ0n) is 32.5. The van der Waals surface area contributed by atoms with Crippen molar-refractivity contribution in [1.82, 2.24) is 14.8 Å². The van der Waals surface area contributed by atoms with Crippen LogP contribution in [0.5, 0.6) is 5.75 Å². The Balaban J connectivity index is 1.36. The summed E-state index contributed by atoms with van der Waals surface area (Å²) in [6.45, 7) is 8.69. The van der Waals surface area contributed by atoms with E-state index in [1.165, 1.54) is 19.8 Å². The molecule has 1 spiro atoms. The second-order valence-electron chi connectivity index (χ2n) is 16.9. The van der Waals surface area contributed by atoms with Gasteiger partial charge in [0.05, 0.1) is 27.4 Å². The molecule has 1 saturated carbocycles. The molecule has 5 aliphatic heterocycles. The molecule has 54 heavy (non-hydrogen) atoms. The van der Waals surface area contributed by atoms with E-state index in [0.29, 0.717) is 12.2 Å². The number of rotatable bonds is 6. The molecule has 3 aromatic rings. The van der Waals surface area contributed by atoms with Crippen molar-refractivity contribution in [3.05, 3.63) is 82.6 Å². The maximum Gasteiger partial charge on any atom is 0.340 e. The number of fused-ring (bicyclic) bond motifs is 6. The molecule has 8 atom stereocenters.